The number of hydrogen-bond donors (Lipinski definition) is 1. The van der Waals surface area contributed by atoms with E-state index in [1.807, 2.05) is 36.1 Å². The third-order valence-corrected chi connectivity index (χ3v) is 4.98. The van der Waals surface area contributed by atoms with E-state index in [4.69, 9.17) is 0 Å². The minimum Gasteiger partial charge on any atom is -0.376 e. The van der Waals surface area contributed by atoms with Gasteiger partial charge in [0.25, 0.3) is 0 Å². The Balaban J connectivity index is 1.31. The van der Waals surface area contributed by atoms with E-state index in [2.05, 4.69) is 25.7 Å². The molecule has 29 heavy (non-hydrogen) atoms. The number of aryl methyl sites for hydroxylation is 1. The number of rotatable bonds is 5. The predicted octanol–water partition coefficient (Wildman–Crippen LogP) is 1.87. The Morgan fingerprint density at radius 3 is 2.52 bits per heavy atom. The van der Waals surface area contributed by atoms with Gasteiger partial charge in [0, 0.05) is 37.6 Å². The van der Waals surface area contributed by atoms with Crippen molar-refractivity contribution >= 4 is 17.3 Å². The highest BCUT2D eigenvalue weighted by Crippen LogP contribution is 2.18. The first-order chi connectivity index (χ1) is 14.1. The lowest BCUT2D eigenvalue weighted by Gasteiger charge is -2.36. The summed E-state index contributed by atoms with van der Waals surface area (Å²) in [4.78, 5) is 16.6. The van der Waals surface area contributed by atoms with Crippen molar-refractivity contribution in [1.82, 2.24) is 25.1 Å². The van der Waals surface area contributed by atoms with Crippen LogP contribution in [0.2, 0.25) is 0 Å². The van der Waals surface area contributed by atoms with Gasteiger partial charge in [0.1, 0.15) is 5.82 Å². The second kappa shape index (κ2) is 8.26. The van der Waals surface area contributed by atoms with Gasteiger partial charge in [0.05, 0.1) is 12.2 Å². The van der Waals surface area contributed by atoms with Gasteiger partial charge in [-0.05, 0) is 59.8 Å². The highest BCUT2D eigenvalue weighted by Gasteiger charge is 2.21. The lowest BCUT2D eigenvalue weighted by Crippen LogP contribution is -2.50. The number of nitrogens with one attached hydrogen (secondary N) is 1. The number of benzene rings is 2. The summed E-state index contributed by atoms with van der Waals surface area (Å²) >= 11 is 0. The maximum absolute atomic E-state index is 13.1. The fourth-order valence-electron chi connectivity index (χ4n) is 3.37. The molecule has 9 heteroatoms. The van der Waals surface area contributed by atoms with Crippen LogP contribution in [0.15, 0.2) is 48.5 Å². The Kier molecular flexibility index (Phi) is 5.37. The molecule has 1 aromatic heterocycles. The number of carbonyl (C=O) groups excluding carboxylic acids is 1. The van der Waals surface area contributed by atoms with E-state index >= 15 is 0 Å². The van der Waals surface area contributed by atoms with E-state index < -0.39 is 0 Å². The molecule has 0 unspecified atom stereocenters. The molecule has 0 aliphatic carbocycles. The quantitative estimate of drug-likeness (QED) is 0.711. The van der Waals surface area contributed by atoms with Crippen LogP contribution in [0, 0.1) is 12.7 Å². The molecule has 1 saturated heterocycles. The number of carbonyl (C=O) groups is 1. The summed E-state index contributed by atoms with van der Waals surface area (Å²) in [6, 6.07) is 14.1. The van der Waals surface area contributed by atoms with Crippen molar-refractivity contribution in [2.75, 3.05) is 42.9 Å². The first-order valence-corrected chi connectivity index (χ1v) is 9.48. The second-order valence-electron chi connectivity index (χ2n) is 6.89. The molecule has 0 spiro atoms. The minimum atomic E-state index is -0.243. The minimum absolute atomic E-state index is 0.0489. The highest BCUT2D eigenvalue weighted by molar-refractivity contribution is 5.81. The molecule has 2 heterocycles. The Morgan fingerprint density at radius 2 is 1.83 bits per heavy atom. The number of halogens is 1. The number of amides is 1. The fourth-order valence-corrected chi connectivity index (χ4v) is 3.37. The van der Waals surface area contributed by atoms with Crippen molar-refractivity contribution in [3.63, 3.8) is 0 Å². The third-order valence-electron chi connectivity index (χ3n) is 4.98. The van der Waals surface area contributed by atoms with Crippen LogP contribution in [0.1, 0.15) is 5.82 Å². The maximum Gasteiger partial charge on any atom is 0.241 e. The predicted molar refractivity (Wildman–Crippen MR) is 108 cm³/mol. The SMILES string of the molecule is Cc1nnnn1-c1cccc(NCC(=O)N2CCN(c3ccc(F)cc3)CC2)c1. The molecule has 1 amide bonds. The van der Waals surface area contributed by atoms with Gasteiger partial charge in [0.2, 0.25) is 5.91 Å². The van der Waals surface area contributed by atoms with E-state index in [1.54, 1.807) is 16.8 Å². The summed E-state index contributed by atoms with van der Waals surface area (Å²) in [7, 11) is 0. The van der Waals surface area contributed by atoms with E-state index in [0.717, 1.165) is 30.2 Å². The number of anilines is 2. The van der Waals surface area contributed by atoms with E-state index in [9.17, 15) is 9.18 Å². The first kappa shape index (κ1) is 18.9. The molecule has 8 nitrogen and oxygen atoms in total. The Morgan fingerprint density at radius 1 is 1.07 bits per heavy atom. The summed E-state index contributed by atoms with van der Waals surface area (Å²) in [5.74, 6) is 0.498. The summed E-state index contributed by atoms with van der Waals surface area (Å²) in [6.45, 7) is 4.78. The topological polar surface area (TPSA) is 79.2 Å². The summed E-state index contributed by atoms with van der Waals surface area (Å²) < 4.78 is 14.7. The largest absolute Gasteiger partial charge is 0.376 e. The molecule has 4 rings (SSSR count). The lowest BCUT2D eigenvalue weighted by atomic mass is 10.2. The molecule has 2 aromatic carbocycles. The molecule has 1 N–H and O–H groups in total. The van der Waals surface area contributed by atoms with Crippen molar-refractivity contribution in [3.05, 3.63) is 60.2 Å². The monoisotopic (exact) mass is 395 g/mol. The molecule has 1 fully saturated rings. The van der Waals surface area contributed by atoms with Crippen LogP contribution in [0.3, 0.4) is 0 Å². The molecule has 3 aromatic rings. The van der Waals surface area contributed by atoms with Gasteiger partial charge in [-0.2, -0.15) is 4.68 Å². The standard InChI is InChI=1S/C20H22FN7O/c1-15-23-24-25-28(15)19-4-2-3-17(13-19)22-14-20(29)27-11-9-26(10-12-27)18-7-5-16(21)6-8-18/h2-8,13,22H,9-12,14H2,1H3. The van der Waals surface area contributed by atoms with Gasteiger partial charge >= 0.3 is 0 Å². The Labute approximate surface area is 167 Å². The van der Waals surface area contributed by atoms with Gasteiger partial charge in [-0.3, -0.25) is 4.79 Å². The number of piperazine rings is 1. The van der Waals surface area contributed by atoms with Crippen molar-refractivity contribution in [2.24, 2.45) is 0 Å². The van der Waals surface area contributed by atoms with Crippen LogP contribution in [0.25, 0.3) is 5.69 Å². The maximum atomic E-state index is 13.1. The lowest BCUT2D eigenvalue weighted by molar-refractivity contribution is -0.129. The summed E-state index contributed by atoms with van der Waals surface area (Å²) in [5, 5.41) is 14.7. The Bertz CT molecular complexity index is 981. The molecular formula is C20H22FN7O. The number of tetrazole rings is 1. The van der Waals surface area contributed by atoms with Gasteiger partial charge < -0.3 is 15.1 Å². The summed E-state index contributed by atoms with van der Waals surface area (Å²) in [6.07, 6.45) is 0. The number of hydrogen-bond acceptors (Lipinski definition) is 6. The molecule has 1 aliphatic rings. The van der Waals surface area contributed by atoms with Crippen molar-refractivity contribution < 1.29 is 9.18 Å². The van der Waals surface area contributed by atoms with Crippen LogP contribution in [0.4, 0.5) is 15.8 Å². The molecule has 0 radical (unpaired) electrons. The average molecular weight is 395 g/mol. The second-order valence-corrected chi connectivity index (χ2v) is 6.89. The van der Waals surface area contributed by atoms with Crippen molar-refractivity contribution in [2.45, 2.75) is 6.92 Å². The summed E-state index contributed by atoms with van der Waals surface area (Å²) in [5.41, 5.74) is 2.64. The highest BCUT2D eigenvalue weighted by atomic mass is 19.1. The van der Waals surface area contributed by atoms with Gasteiger partial charge in [-0.25, -0.2) is 4.39 Å². The van der Waals surface area contributed by atoms with Crippen LogP contribution in [0.5, 0.6) is 0 Å². The zero-order chi connectivity index (χ0) is 20.2. The van der Waals surface area contributed by atoms with Crippen LogP contribution < -0.4 is 10.2 Å². The molecule has 150 valence electrons. The molecule has 0 saturated carbocycles. The smallest absolute Gasteiger partial charge is 0.241 e. The van der Waals surface area contributed by atoms with E-state index in [0.29, 0.717) is 18.9 Å². The zero-order valence-electron chi connectivity index (χ0n) is 16.1. The van der Waals surface area contributed by atoms with Gasteiger partial charge in [-0.15, -0.1) is 5.10 Å². The third kappa shape index (κ3) is 4.34. The van der Waals surface area contributed by atoms with Gasteiger partial charge in [-0.1, -0.05) is 6.07 Å². The van der Waals surface area contributed by atoms with Crippen molar-refractivity contribution in [3.8, 4) is 5.69 Å². The molecule has 0 bridgehead atoms. The van der Waals surface area contributed by atoms with Crippen LogP contribution >= 0.6 is 0 Å². The average Bonchev–Trinajstić information content (AvgIpc) is 3.19. The van der Waals surface area contributed by atoms with Crippen molar-refractivity contribution in [1.29, 1.82) is 0 Å². The van der Waals surface area contributed by atoms with Crippen LogP contribution in [-0.4, -0.2) is 63.7 Å². The Hall–Kier alpha value is -3.49. The van der Waals surface area contributed by atoms with E-state index in [-0.39, 0.29) is 18.3 Å². The fraction of sp³-hybridized carbons (Fsp3) is 0.300. The van der Waals surface area contributed by atoms with Gasteiger partial charge in [0.15, 0.2) is 5.82 Å². The number of nitrogens with zero attached hydrogens (tertiary/aromatic N) is 6. The van der Waals surface area contributed by atoms with Crippen LogP contribution in [-0.2, 0) is 4.79 Å². The molecule has 1 aliphatic heterocycles. The number of aromatic nitrogens is 4. The van der Waals surface area contributed by atoms with E-state index in [1.165, 1.54) is 12.1 Å². The molecular weight excluding hydrogens is 373 g/mol. The zero-order valence-corrected chi connectivity index (χ0v) is 16.1. The normalized spacial score (nSPS) is 14.1. The first-order valence-electron chi connectivity index (χ1n) is 9.48. The molecule has 0 atom stereocenters.